The highest BCUT2D eigenvalue weighted by Crippen LogP contribution is 2.16. The molecule has 0 amide bonds. The molecule has 0 bridgehead atoms. The van der Waals surface area contributed by atoms with Gasteiger partial charge in [-0.15, -0.1) is 0 Å². The van der Waals surface area contributed by atoms with E-state index in [1.807, 2.05) is 13.8 Å². The summed E-state index contributed by atoms with van der Waals surface area (Å²) in [5.41, 5.74) is 4.89. The first-order valence-corrected chi connectivity index (χ1v) is 6.40. The van der Waals surface area contributed by atoms with Crippen LogP contribution in [0.1, 0.15) is 26.7 Å². The van der Waals surface area contributed by atoms with Crippen LogP contribution in [0, 0.1) is 0 Å². The Morgan fingerprint density at radius 1 is 1.68 bits per heavy atom. The number of hydrogen-bond acceptors (Lipinski definition) is 6. The van der Waals surface area contributed by atoms with Crippen molar-refractivity contribution >= 4 is 12.7 Å². The van der Waals surface area contributed by atoms with E-state index >= 15 is 0 Å². The number of hydrazone groups is 1. The van der Waals surface area contributed by atoms with Crippen molar-refractivity contribution in [2.75, 3.05) is 19.8 Å². The number of carbonyl (C=O) groups excluding carboxylic acids is 1. The lowest BCUT2D eigenvalue weighted by molar-refractivity contribution is -0.149. The second kappa shape index (κ2) is 7.13. The molecular formula is C13H23N3O3. The molecule has 1 saturated heterocycles. The molecule has 0 aliphatic carbocycles. The van der Waals surface area contributed by atoms with Crippen LogP contribution >= 0.6 is 0 Å². The Morgan fingerprint density at radius 3 is 2.95 bits per heavy atom. The van der Waals surface area contributed by atoms with Crippen LogP contribution in [0.2, 0.25) is 0 Å². The minimum Gasteiger partial charge on any atom is -0.462 e. The smallest absolute Gasteiger partial charge is 0.327 e. The van der Waals surface area contributed by atoms with E-state index in [9.17, 15) is 4.79 Å². The molecule has 19 heavy (non-hydrogen) atoms. The molecular weight excluding hydrogens is 246 g/mol. The van der Waals surface area contributed by atoms with E-state index in [0.29, 0.717) is 6.61 Å². The molecule has 0 aromatic carbocycles. The number of hydrogen-bond donors (Lipinski definition) is 1. The fraction of sp³-hybridized carbons (Fsp3) is 0.692. The molecule has 0 spiro atoms. The van der Waals surface area contributed by atoms with Crippen molar-refractivity contribution in [3.05, 3.63) is 12.3 Å². The Bertz CT molecular complexity index is 336. The predicted molar refractivity (Wildman–Crippen MR) is 73.6 cm³/mol. The summed E-state index contributed by atoms with van der Waals surface area (Å²) in [5, 5.41) is 5.38. The van der Waals surface area contributed by atoms with E-state index in [1.165, 1.54) is 11.2 Å². The number of esters is 1. The van der Waals surface area contributed by atoms with E-state index in [4.69, 9.17) is 15.2 Å². The monoisotopic (exact) mass is 269 g/mol. The van der Waals surface area contributed by atoms with Gasteiger partial charge in [-0.2, -0.15) is 5.10 Å². The first-order chi connectivity index (χ1) is 8.99. The van der Waals surface area contributed by atoms with Gasteiger partial charge in [0.1, 0.15) is 13.2 Å². The summed E-state index contributed by atoms with van der Waals surface area (Å²) in [7, 11) is 0. The van der Waals surface area contributed by atoms with Crippen LogP contribution in [0.15, 0.2) is 17.4 Å². The highest BCUT2D eigenvalue weighted by Gasteiger charge is 2.25. The predicted octanol–water partition coefficient (Wildman–Crippen LogP) is 0.877. The number of nitrogens with zero attached hydrogens (tertiary/aromatic N) is 2. The normalized spacial score (nSPS) is 19.6. The number of nitrogens with two attached hydrogens (primary N) is 1. The van der Waals surface area contributed by atoms with Gasteiger partial charge in [-0.3, -0.25) is 9.80 Å². The first kappa shape index (κ1) is 15.5. The number of carbonyl (C=O) groups is 1. The van der Waals surface area contributed by atoms with E-state index < -0.39 is 5.54 Å². The standard InChI is InChI=1S/C13H23N3O3/c1-13(2,6-7-14)16(15-3)9-12(17)19-10-11-5-4-8-18-11/h6-7,11H,3-5,8-10,14H2,1-2H3/b7-6-. The molecule has 0 aromatic heterocycles. The fourth-order valence-electron chi connectivity index (χ4n) is 1.89. The van der Waals surface area contributed by atoms with Crippen LogP contribution in [0.4, 0.5) is 0 Å². The molecule has 6 heteroatoms. The third kappa shape index (κ3) is 4.90. The van der Waals surface area contributed by atoms with Gasteiger partial charge in [0.05, 0.1) is 11.6 Å². The lowest BCUT2D eigenvalue weighted by atomic mass is 10.1. The molecule has 0 saturated carbocycles. The zero-order valence-electron chi connectivity index (χ0n) is 11.7. The SMILES string of the molecule is C=NN(CC(=O)OCC1CCCO1)C(C)(C)/C=C\N. The maximum atomic E-state index is 11.8. The molecule has 1 unspecified atom stereocenters. The summed E-state index contributed by atoms with van der Waals surface area (Å²) in [6.07, 6.45) is 5.17. The summed E-state index contributed by atoms with van der Waals surface area (Å²) in [4.78, 5) is 11.8. The average molecular weight is 269 g/mol. The topological polar surface area (TPSA) is 77.2 Å². The Balaban J connectivity index is 2.41. The quantitative estimate of drug-likeness (QED) is 0.422. The van der Waals surface area contributed by atoms with Crippen LogP contribution in [0.25, 0.3) is 0 Å². The summed E-state index contributed by atoms with van der Waals surface area (Å²) >= 11 is 0. The largest absolute Gasteiger partial charge is 0.462 e. The van der Waals surface area contributed by atoms with Gasteiger partial charge in [-0.25, -0.2) is 0 Å². The lowest BCUT2D eigenvalue weighted by Crippen LogP contribution is -2.42. The number of ether oxygens (including phenoxy) is 2. The molecule has 108 valence electrons. The van der Waals surface area contributed by atoms with E-state index in [1.54, 1.807) is 6.08 Å². The van der Waals surface area contributed by atoms with E-state index in [2.05, 4.69) is 11.8 Å². The van der Waals surface area contributed by atoms with Crippen molar-refractivity contribution < 1.29 is 14.3 Å². The summed E-state index contributed by atoms with van der Waals surface area (Å²) in [6.45, 7) is 8.33. The lowest BCUT2D eigenvalue weighted by Gasteiger charge is -2.32. The summed E-state index contributed by atoms with van der Waals surface area (Å²) < 4.78 is 10.6. The van der Waals surface area contributed by atoms with Gasteiger partial charge >= 0.3 is 5.97 Å². The zero-order chi connectivity index (χ0) is 14.3. The maximum Gasteiger partial charge on any atom is 0.327 e. The van der Waals surface area contributed by atoms with Gasteiger partial charge in [-0.05, 0) is 39.0 Å². The van der Waals surface area contributed by atoms with Gasteiger partial charge in [-0.1, -0.05) is 0 Å². The van der Waals surface area contributed by atoms with Crippen molar-refractivity contribution in [2.24, 2.45) is 10.8 Å². The van der Waals surface area contributed by atoms with Gasteiger partial charge in [0, 0.05) is 13.3 Å². The third-order valence-electron chi connectivity index (χ3n) is 3.07. The molecule has 6 nitrogen and oxygen atoms in total. The minimum absolute atomic E-state index is 0.0334. The van der Waals surface area contributed by atoms with Gasteiger partial charge in [0.15, 0.2) is 0 Å². The summed E-state index contributed by atoms with van der Waals surface area (Å²) in [5.74, 6) is -0.346. The van der Waals surface area contributed by atoms with E-state index in [0.717, 1.165) is 19.4 Å². The van der Waals surface area contributed by atoms with Crippen molar-refractivity contribution in [2.45, 2.75) is 38.3 Å². The van der Waals surface area contributed by atoms with Crippen molar-refractivity contribution in [3.8, 4) is 0 Å². The van der Waals surface area contributed by atoms with Crippen molar-refractivity contribution in [3.63, 3.8) is 0 Å². The second-order valence-corrected chi connectivity index (χ2v) is 5.03. The molecule has 1 atom stereocenters. The van der Waals surface area contributed by atoms with Crippen LogP contribution in [0.3, 0.4) is 0 Å². The van der Waals surface area contributed by atoms with Gasteiger partial charge in [0.2, 0.25) is 0 Å². The van der Waals surface area contributed by atoms with Crippen LogP contribution in [0.5, 0.6) is 0 Å². The fourth-order valence-corrected chi connectivity index (χ4v) is 1.89. The van der Waals surface area contributed by atoms with Crippen molar-refractivity contribution in [1.29, 1.82) is 0 Å². The van der Waals surface area contributed by atoms with E-state index in [-0.39, 0.29) is 18.6 Å². The van der Waals surface area contributed by atoms with Crippen LogP contribution < -0.4 is 5.73 Å². The highest BCUT2D eigenvalue weighted by molar-refractivity contribution is 5.71. The molecule has 1 rings (SSSR count). The Labute approximate surface area is 114 Å². The second-order valence-electron chi connectivity index (χ2n) is 5.03. The van der Waals surface area contributed by atoms with Crippen LogP contribution in [-0.4, -0.2) is 49.1 Å². The Morgan fingerprint density at radius 2 is 2.42 bits per heavy atom. The third-order valence-corrected chi connectivity index (χ3v) is 3.07. The number of rotatable bonds is 7. The molecule has 1 heterocycles. The first-order valence-electron chi connectivity index (χ1n) is 6.40. The van der Waals surface area contributed by atoms with Crippen molar-refractivity contribution in [1.82, 2.24) is 5.01 Å². The average Bonchev–Trinajstić information content (AvgIpc) is 2.86. The minimum atomic E-state index is -0.487. The van der Waals surface area contributed by atoms with Gasteiger partial charge in [0.25, 0.3) is 0 Å². The highest BCUT2D eigenvalue weighted by atomic mass is 16.6. The molecule has 2 N–H and O–H groups in total. The van der Waals surface area contributed by atoms with Crippen LogP contribution in [-0.2, 0) is 14.3 Å². The molecule has 0 radical (unpaired) electrons. The Kier molecular flexibility index (Phi) is 5.82. The molecule has 1 fully saturated rings. The molecule has 1 aliphatic rings. The molecule has 1 aliphatic heterocycles. The van der Waals surface area contributed by atoms with Gasteiger partial charge < -0.3 is 15.2 Å². The summed E-state index contributed by atoms with van der Waals surface area (Å²) in [6, 6.07) is 0. The molecule has 0 aromatic rings. The zero-order valence-corrected chi connectivity index (χ0v) is 11.7. The maximum absolute atomic E-state index is 11.8. The Hall–Kier alpha value is -1.56.